The first-order valence-electron chi connectivity index (χ1n) is 11.6. The zero-order valence-electron chi connectivity index (χ0n) is 19.8. The van der Waals surface area contributed by atoms with Crippen molar-refractivity contribution in [2.45, 2.75) is 19.9 Å². The minimum absolute atomic E-state index is 0.0672. The SMILES string of the molecule is CCOC(=O)C1=C(CN2CCN(c3cccc(C)c3)CC2)NC(=O)N[C@H]1c1ccc([N+](=O)[O-])cc1. The van der Waals surface area contributed by atoms with Crippen LogP contribution in [-0.2, 0) is 9.53 Å². The minimum atomic E-state index is -0.771. The summed E-state index contributed by atoms with van der Waals surface area (Å²) in [5.74, 6) is -0.531. The third-order valence-electron chi connectivity index (χ3n) is 6.21. The molecule has 1 fully saturated rings. The number of esters is 1. The van der Waals surface area contributed by atoms with E-state index in [1.807, 2.05) is 0 Å². The van der Waals surface area contributed by atoms with Crippen molar-refractivity contribution in [3.8, 4) is 0 Å². The normalized spacial score (nSPS) is 18.6. The van der Waals surface area contributed by atoms with Crippen LogP contribution in [0, 0.1) is 17.0 Å². The quantitative estimate of drug-likeness (QED) is 0.356. The zero-order chi connectivity index (χ0) is 24.9. The number of urea groups is 1. The maximum Gasteiger partial charge on any atom is 0.338 e. The molecule has 2 amide bonds. The number of anilines is 1. The van der Waals surface area contributed by atoms with Crippen LogP contribution in [0.25, 0.3) is 0 Å². The molecular formula is C25H29N5O5. The van der Waals surface area contributed by atoms with Gasteiger partial charge in [-0.1, -0.05) is 12.1 Å². The predicted octanol–water partition coefficient (Wildman–Crippen LogP) is 2.90. The molecule has 0 unspecified atom stereocenters. The van der Waals surface area contributed by atoms with Crippen LogP contribution >= 0.6 is 0 Å². The summed E-state index contributed by atoms with van der Waals surface area (Å²) in [5.41, 5.74) is 3.69. The first kappa shape index (κ1) is 24.2. The lowest BCUT2D eigenvalue weighted by Crippen LogP contribution is -2.51. The number of carbonyl (C=O) groups is 2. The van der Waals surface area contributed by atoms with Gasteiger partial charge in [0.2, 0.25) is 0 Å². The van der Waals surface area contributed by atoms with Gasteiger partial charge in [-0.05, 0) is 49.2 Å². The van der Waals surface area contributed by atoms with Gasteiger partial charge in [0.25, 0.3) is 5.69 Å². The number of nitro groups is 1. The number of benzene rings is 2. The highest BCUT2D eigenvalue weighted by atomic mass is 16.6. The molecular weight excluding hydrogens is 450 g/mol. The fraction of sp³-hybridized carbons (Fsp3) is 0.360. The zero-order valence-corrected chi connectivity index (χ0v) is 19.8. The fourth-order valence-electron chi connectivity index (χ4n) is 4.44. The number of amides is 2. The van der Waals surface area contributed by atoms with Gasteiger partial charge in [-0.15, -0.1) is 0 Å². The van der Waals surface area contributed by atoms with Crippen LogP contribution in [0.1, 0.15) is 24.1 Å². The second-order valence-corrected chi connectivity index (χ2v) is 8.60. The highest BCUT2D eigenvalue weighted by Gasteiger charge is 2.35. The number of hydrogen-bond donors (Lipinski definition) is 2. The Balaban J connectivity index is 1.56. The molecule has 184 valence electrons. The third kappa shape index (κ3) is 5.60. The van der Waals surface area contributed by atoms with Gasteiger partial charge in [0.05, 0.1) is 23.1 Å². The first-order chi connectivity index (χ1) is 16.9. The van der Waals surface area contributed by atoms with Crippen molar-refractivity contribution in [3.63, 3.8) is 0 Å². The van der Waals surface area contributed by atoms with Crippen molar-refractivity contribution in [2.75, 3.05) is 44.2 Å². The second kappa shape index (κ2) is 10.6. The summed E-state index contributed by atoms with van der Waals surface area (Å²) in [7, 11) is 0. The number of hydrogen-bond acceptors (Lipinski definition) is 7. The first-order valence-corrected chi connectivity index (χ1v) is 11.6. The van der Waals surface area contributed by atoms with Crippen molar-refractivity contribution in [1.82, 2.24) is 15.5 Å². The van der Waals surface area contributed by atoms with Gasteiger partial charge in [-0.2, -0.15) is 0 Å². The topological polar surface area (TPSA) is 117 Å². The van der Waals surface area contributed by atoms with Gasteiger partial charge in [-0.25, -0.2) is 9.59 Å². The number of non-ortho nitro benzene ring substituents is 1. The summed E-state index contributed by atoms with van der Waals surface area (Å²) >= 11 is 0. The van der Waals surface area contributed by atoms with Gasteiger partial charge in [0.1, 0.15) is 0 Å². The number of rotatable bonds is 7. The average Bonchev–Trinajstić information content (AvgIpc) is 2.84. The minimum Gasteiger partial charge on any atom is -0.463 e. The molecule has 2 N–H and O–H groups in total. The summed E-state index contributed by atoms with van der Waals surface area (Å²) in [5, 5.41) is 16.6. The Bertz CT molecular complexity index is 1140. The number of nitrogens with zero attached hydrogens (tertiary/aromatic N) is 3. The molecule has 2 heterocycles. The molecule has 2 aromatic carbocycles. The number of carbonyl (C=O) groups excluding carboxylic acids is 2. The van der Waals surface area contributed by atoms with Gasteiger partial charge >= 0.3 is 12.0 Å². The Hall–Kier alpha value is -3.92. The van der Waals surface area contributed by atoms with Crippen molar-refractivity contribution in [2.24, 2.45) is 0 Å². The summed E-state index contributed by atoms with van der Waals surface area (Å²) < 4.78 is 5.31. The molecule has 0 spiro atoms. The van der Waals surface area contributed by atoms with Crippen LogP contribution in [-0.4, -0.2) is 61.2 Å². The van der Waals surface area contributed by atoms with E-state index in [4.69, 9.17) is 4.74 Å². The predicted molar refractivity (Wildman–Crippen MR) is 131 cm³/mol. The lowest BCUT2D eigenvalue weighted by molar-refractivity contribution is -0.384. The van der Waals surface area contributed by atoms with Crippen LogP contribution in [0.15, 0.2) is 59.8 Å². The van der Waals surface area contributed by atoms with E-state index in [1.165, 1.54) is 23.4 Å². The lowest BCUT2D eigenvalue weighted by Gasteiger charge is -2.38. The van der Waals surface area contributed by atoms with Crippen LogP contribution in [0.4, 0.5) is 16.2 Å². The Morgan fingerprint density at radius 2 is 1.86 bits per heavy atom. The number of piperazine rings is 1. The van der Waals surface area contributed by atoms with E-state index in [1.54, 1.807) is 19.1 Å². The maximum atomic E-state index is 13.0. The lowest BCUT2D eigenvalue weighted by atomic mass is 9.94. The standard InChI is InChI=1S/C25H29N5O5/c1-3-35-24(31)22-21(16-28-11-13-29(14-12-28)20-6-4-5-17(2)15-20)26-25(32)27-23(22)18-7-9-19(10-8-18)30(33)34/h4-10,15,23H,3,11-14,16H2,1-2H3,(H2,26,27,32)/t23-/m0/s1. The Morgan fingerprint density at radius 1 is 1.14 bits per heavy atom. The van der Waals surface area contributed by atoms with Gasteiger partial charge in [0, 0.05) is 56.2 Å². The van der Waals surface area contributed by atoms with Crippen LogP contribution < -0.4 is 15.5 Å². The number of nitrogens with one attached hydrogen (secondary N) is 2. The summed E-state index contributed by atoms with van der Waals surface area (Å²) in [6.45, 7) is 7.53. The molecule has 1 atom stereocenters. The van der Waals surface area contributed by atoms with E-state index in [0.717, 1.165) is 26.2 Å². The molecule has 35 heavy (non-hydrogen) atoms. The molecule has 2 aromatic rings. The average molecular weight is 480 g/mol. The molecule has 0 aromatic heterocycles. The summed E-state index contributed by atoms with van der Waals surface area (Å²) in [6, 6.07) is 13.0. The highest BCUT2D eigenvalue weighted by molar-refractivity contribution is 5.95. The van der Waals surface area contributed by atoms with Crippen LogP contribution in [0.3, 0.4) is 0 Å². The van der Waals surface area contributed by atoms with E-state index >= 15 is 0 Å². The van der Waals surface area contributed by atoms with Crippen molar-refractivity contribution >= 4 is 23.4 Å². The second-order valence-electron chi connectivity index (χ2n) is 8.60. The van der Waals surface area contributed by atoms with Gasteiger partial charge in [-0.3, -0.25) is 15.0 Å². The fourth-order valence-corrected chi connectivity index (χ4v) is 4.44. The molecule has 2 aliphatic rings. The van der Waals surface area contributed by atoms with E-state index in [0.29, 0.717) is 23.4 Å². The van der Waals surface area contributed by atoms with Crippen LogP contribution in [0.2, 0.25) is 0 Å². The Kier molecular flexibility index (Phi) is 7.31. The third-order valence-corrected chi connectivity index (χ3v) is 6.21. The van der Waals surface area contributed by atoms with Crippen molar-refractivity contribution in [1.29, 1.82) is 0 Å². The highest BCUT2D eigenvalue weighted by Crippen LogP contribution is 2.29. The Morgan fingerprint density at radius 3 is 2.49 bits per heavy atom. The molecule has 0 radical (unpaired) electrons. The largest absolute Gasteiger partial charge is 0.463 e. The maximum absolute atomic E-state index is 13.0. The molecule has 1 saturated heterocycles. The van der Waals surface area contributed by atoms with Gasteiger partial charge < -0.3 is 20.3 Å². The van der Waals surface area contributed by atoms with E-state index in [2.05, 4.69) is 51.6 Å². The number of ether oxygens (including phenoxy) is 1. The molecule has 0 aliphatic carbocycles. The molecule has 4 rings (SSSR count). The number of nitro benzene ring substituents is 1. The van der Waals surface area contributed by atoms with E-state index in [-0.39, 0.29) is 12.3 Å². The van der Waals surface area contributed by atoms with Gasteiger partial charge in [0.15, 0.2) is 0 Å². The van der Waals surface area contributed by atoms with E-state index in [9.17, 15) is 19.7 Å². The molecule has 10 heteroatoms. The van der Waals surface area contributed by atoms with Crippen molar-refractivity contribution in [3.05, 3.63) is 81.0 Å². The Labute approximate surface area is 203 Å². The smallest absolute Gasteiger partial charge is 0.338 e. The summed E-state index contributed by atoms with van der Waals surface area (Å²) in [6.07, 6.45) is 0. The van der Waals surface area contributed by atoms with Crippen molar-refractivity contribution < 1.29 is 19.2 Å². The molecule has 0 bridgehead atoms. The summed E-state index contributed by atoms with van der Waals surface area (Å²) in [4.78, 5) is 40.6. The molecule has 2 aliphatic heterocycles. The van der Waals surface area contributed by atoms with Crippen LogP contribution in [0.5, 0.6) is 0 Å². The molecule has 10 nitrogen and oxygen atoms in total. The van der Waals surface area contributed by atoms with E-state index < -0.39 is 23.0 Å². The monoisotopic (exact) mass is 479 g/mol. The molecule has 0 saturated carbocycles. The number of aryl methyl sites for hydroxylation is 1.